The Bertz CT molecular complexity index is 997. The second-order valence-corrected chi connectivity index (χ2v) is 9.67. The van der Waals surface area contributed by atoms with Crippen LogP contribution in [0.4, 0.5) is 13.2 Å². The number of alkyl halides is 3. The van der Waals surface area contributed by atoms with Crippen LogP contribution in [0.1, 0.15) is 56.3 Å². The summed E-state index contributed by atoms with van der Waals surface area (Å²) in [5.41, 5.74) is 0.771. The van der Waals surface area contributed by atoms with Crippen molar-refractivity contribution in [2.75, 3.05) is 0 Å². The molecule has 2 nitrogen and oxygen atoms in total. The van der Waals surface area contributed by atoms with Gasteiger partial charge in [0.15, 0.2) is 0 Å². The molecule has 0 saturated heterocycles. The predicted octanol–water partition coefficient (Wildman–Crippen LogP) is 8.69. The van der Waals surface area contributed by atoms with E-state index in [0.29, 0.717) is 11.3 Å². The third kappa shape index (κ3) is 6.10. The fourth-order valence-corrected chi connectivity index (χ4v) is 4.40. The first kappa shape index (κ1) is 23.3. The first-order valence-corrected chi connectivity index (χ1v) is 11.1. The number of halogens is 3. The Labute approximate surface area is 185 Å². The van der Waals surface area contributed by atoms with Crippen molar-refractivity contribution in [2.45, 2.75) is 63.0 Å². The highest BCUT2D eigenvalue weighted by atomic mass is 32.2. The molecule has 1 heterocycles. The smallest absolute Gasteiger partial charge is 0.416 e. The first-order chi connectivity index (χ1) is 14.5. The van der Waals surface area contributed by atoms with E-state index in [2.05, 4.69) is 6.92 Å². The molecule has 2 aromatic carbocycles. The van der Waals surface area contributed by atoms with Crippen molar-refractivity contribution in [3.05, 3.63) is 71.5 Å². The van der Waals surface area contributed by atoms with Gasteiger partial charge in [-0.25, -0.2) is 0 Å². The van der Waals surface area contributed by atoms with Gasteiger partial charge in [0, 0.05) is 21.3 Å². The Balaban J connectivity index is 1.78. The molecule has 0 aliphatic carbocycles. The van der Waals surface area contributed by atoms with E-state index in [4.69, 9.17) is 9.15 Å². The molecule has 0 N–H and O–H groups in total. The lowest BCUT2D eigenvalue weighted by Gasteiger charge is -2.21. The second kappa shape index (κ2) is 9.03. The van der Waals surface area contributed by atoms with Gasteiger partial charge >= 0.3 is 6.18 Å². The number of furan rings is 1. The zero-order chi connectivity index (χ0) is 22.8. The van der Waals surface area contributed by atoms with Crippen molar-refractivity contribution in [1.29, 1.82) is 0 Å². The van der Waals surface area contributed by atoms with Crippen molar-refractivity contribution in [3.8, 4) is 17.1 Å². The van der Waals surface area contributed by atoms with Crippen LogP contribution in [0.2, 0.25) is 0 Å². The summed E-state index contributed by atoms with van der Waals surface area (Å²) in [7, 11) is 0. The van der Waals surface area contributed by atoms with Crippen LogP contribution in [-0.2, 0) is 6.18 Å². The summed E-state index contributed by atoms with van der Waals surface area (Å²) in [5, 5.41) is 0.168. The van der Waals surface area contributed by atoms with Gasteiger partial charge in [-0.15, -0.1) is 11.8 Å². The van der Waals surface area contributed by atoms with Crippen molar-refractivity contribution >= 4 is 11.8 Å². The Morgan fingerprint density at radius 1 is 0.968 bits per heavy atom. The zero-order valence-electron chi connectivity index (χ0n) is 18.3. The van der Waals surface area contributed by atoms with Crippen LogP contribution in [0, 0.1) is 6.92 Å². The van der Waals surface area contributed by atoms with Crippen LogP contribution in [0.15, 0.2) is 63.9 Å². The molecule has 0 aliphatic rings. The van der Waals surface area contributed by atoms with Gasteiger partial charge in [-0.05, 0) is 76.6 Å². The highest BCUT2D eigenvalue weighted by molar-refractivity contribution is 7.99. The van der Waals surface area contributed by atoms with E-state index in [9.17, 15) is 13.2 Å². The minimum absolute atomic E-state index is 0.168. The molecule has 0 fully saturated rings. The number of benzene rings is 2. The molecular formula is C25H27F3O2S. The molecule has 0 spiro atoms. The third-order valence-electron chi connectivity index (χ3n) is 4.70. The summed E-state index contributed by atoms with van der Waals surface area (Å²) >= 11 is 1.73. The monoisotopic (exact) mass is 448 g/mol. The number of hydrogen-bond donors (Lipinski definition) is 0. The first-order valence-electron chi connectivity index (χ1n) is 10.2. The van der Waals surface area contributed by atoms with E-state index in [-0.39, 0.29) is 10.9 Å². The lowest BCUT2D eigenvalue weighted by Crippen LogP contribution is -2.22. The van der Waals surface area contributed by atoms with E-state index in [1.165, 1.54) is 12.1 Å². The van der Waals surface area contributed by atoms with Gasteiger partial charge in [0.2, 0.25) is 0 Å². The van der Waals surface area contributed by atoms with Crippen LogP contribution in [0.3, 0.4) is 0 Å². The Morgan fingerprint density at radius 2 is 1.58 bits per heavy atom. The standard InChI is InChI=1S/C25H27F3O2S/c1-6-23(31-20-13-11-19(12-14-20)30-24(3,4)5)21-15-22(29-16(21)2)17-7-9-18(10-8-17)25(26,27)28/h7-15,23H,6H2,1-5H3. The molecule has 3 aromatic rings. The third-order valence-corrected chi connectivity index (χ3v) is 6.11. The maximum absolute atomic E-state index is 12.8. The minimum Gasteiger partial charge on any atom is -0.488 e. The fourth-order valence-electron chi connectivity index (χ4n) is 3.25. The summed E-state index contributed by atoms with van der Waals surface area (Å²) in [4.78, 5) is 1.12. The quantitative estimate of drug-likeness (QED) is 0.352. The lowest BCUT2D eigenvalue weighted by atomic mass is 10.1. The van der Waals surface area contributed by atoms with Crippen molar-refractivity contribution in [3.63, 3.8) is 0 Å². The maximum atomic E-state index is 12.8. The topological polar surface area (TPSA) is 22.4 Å². The zero-order valence-corrected chi connectivity index (χ0v) is 19.2. The molecule has 0 aliphatic heterocycles. The Kier molecular flexibility index (Phi) is 6.79. The Hall–Kier alpha value is -2.34. The van der Waals surface area contributed by atoms with Gasteiger partial charge < -0.3 is 9.15 Å². The molecule has 0 bridgehead atoms. The largest absolute Gasteiger partial charge is 0.488 e. The summed E-state index contributed by atoms with van der Waals surface area (Å²) < 4.78 is 50.2. The van der Waals surface area contributed by atoms with Gasteiger partial charge in [-0.3, -0.25) is 0 Å². The Morgan fingerprint density at radius 3 is 2.10 bits per heavy atom. The van der Waals surface area contributed by atoms with Crippen LogP contribution >= 0.6 is 11.8 Å². The van der Waals surface area contributed by atoms with Crippen LogP contribution < -0.4 is 4.74 Å². The number of aryl methyl sites for hydroxylation is 1. The predicted molar refractivity (Wildman–Crippen MR) is 120 cm³/mol. The average Bonchev–Trinajstić information content (AvgIpc) is 3.07. The molecular weight excluding hydrogens is 421 g/mol. The van der Waals surface area contributed by atoms with Gasteiger partial charge in [-0.1, -0.05) is 19.1 Å². The highest BCUT2D eigenvalue weighted by Crippen LogP contribution is 2.42. The molecule has 31 heavy (non-hydrogen) atoms. The van der Waals surface area contributed by atoms with E-state index in [0.717, 1.165) is 40.5 Å². The molecule has 0 saturated carbocycles. The summed E-state index contributed by atoms with van der Waals surface area (Å²) in [6, 6.07) is 15.0. The number of rotatable bonds is 6. The van der Waals surface area contributed by atoms with Crippen molar-refractivity contribution in [1.82, 2.24) is 0 Å². The molecule has 0 radical (unpaired) electrons. The molecule has 166 valence electrons. The normalized spacial score (nSPS) is 13.3. The van der Waals surface area contributed by atoms with E-state index >= 15 is 0 Å². The fraction of sp³-hybridized carbons (Fsp3) is 0.360. The van der Waals surface area contributed by atoms with E-state index in [1.807, 2.05) is 58.0 Å². The molecule has 1 atom stereocenters. The number of hydrogen-bond acceptors (Lipinski definition) is 3. The summed E-state index contributed by atoms with van der Waals surface area (Å²) in [5.74, 6) is 2.19. The molecule has 1 unspecified atom stereocenters. The van der Waals surface area contributed by atoms with Crippen LogP contribution in [0.25, 0.3) is 11.3 Å². The van der Waals surface area contributed by atoms with Gasteiger partial charge in [0.05, 0.1) is 5.56 Å². The highest BCUT2D eigenvalue weighted by Gasteiger charge is 2.30. The van der Waals surface area contributed by atoms with Gasteiger partial charge in [0.25, 0.3) is 0 Å². The van der Waals surface area contributed by atoms with Crippen molar-refractivity contribution in [2.24, 2.45) is 0 Å². The number of thioether (sulfide) groups is 1. The SMILES string of the molecule is CCC(Sc1ccc(OC(C)(C)C)cc1)c1cc(-c2ccc(C(F)(F)F)cc2)oc1C. The molecule has 0 amide bonds. The van der Waals surface area contributed by atoms with Crippen LogP contribution in [-0.4, -0.2) is 5.60 Å². The maximum Gasteiger partial charge on any atom is 0.416 e. The molecule has 3 rings (SSSR count). The molecule has 1 aromatic heterocycles. The van der Waals surface area contributed by atoms with Crippen LogP contribution in [0.5, 0.6) is 5.75 Å². The second-order valence-electron chi connectivity index (χ2n) is 8.40. The van der Waals surface area contributed by atoms with E-state index in [1.54, 1.807) is 11.8 Å². The van der Waals surface area contributed by atoms with Gasteiger partial charge in [-0.2, -0.15) is 13.2 Å². The van der Waals surface area contributed by atoms with Gasteiger partial charge in [0.1, 0.15) is 22.9 Å². The summed E-state index contributed by atoms with van der Waals surface area (Å²) in [6.45, 7) is 10.0. The summed E-state index contributed by atoms with van der Waals surface area (Å²) in [6.07, 6.45) is -3.46. The van der Waals surface area contributed by atoms with E-state index < -0.39 is 11.7 Å². The lowest BCUT2D eigenvalue weighted by molar-refractivity contribution is -0.137. The average molecular weight is 449 g/mol. The minimum atomic E-state index is -4.35. The number of ether oxygens (including phenoxy) is 1. The van der Waals surface area contributed by atoms with Crippen molar-refractivity contribution < 1.29 is 22.3 Å². The molecule has 6 heteroatoms.